The van der Waals surface area contributed by atoms with E-state index in [0.29, 0.717) is 5.82 Å². The van der Waals surface area contributed by atoms with Crippen LogP contribution in [-0.2, 0) is 5.41 Å². The predicted molar refractivity (Wildman–Crippen MR) is 259 cm³/mol. The molecule has 0 unspecified atom stereocenters. The molecule has 62 heavy (non-hydrogen) atoms. The lowest BCUT2D eigenvalue weighted by atomic mass is 9.67. The molecule has 0 saturated heterocycles. The summed E-state index contributed by atoms with van der Waals surface area (Å²) >= 11 is 1.83. The van der Waals surface area contributed by atoms with Gasteiger partial charge in [-0.3, -0.25) is 0 Å². The summed E-state index contributed by atoms with van der Waals surface area (Å²) in [6.45, 7) is 0. The highest BCUT2D eigenvalue weighted by molar-refractivity contribution is 7.25. The van der Waals surface area contributed by atoms with E-state index in [9.17, 15) is 0 Å². The Balaban J connectivity index is 0.995. The van der Waals surface area contributed by atoms with Crippen molar-refractivity contribution in [1.29, 1.82) is 0 Å². The number of fused-ring (bicyclic) bond motifs is 6. The average Bonchev–Trinajstić information content (AvgIpc) is 3.88. The molecule has 0 saturated carbocycles. The molecule has 2 nitrogen and oxygen atoms in total. The van der Waals surface area contributed by atoms with Gasteiger partial charge in [-0.1, -0.05) is 206 Å². The zero-order valence-electron chi connectivity index (χ0n) is 33.7. The highest BCUT2D eigenvalue weighted by Gasteiger charge is 2.47. The Hall–Kier alpha value is -7.72. The van der Waals surface area contributed by atoms with Crippen LogP contribution < -0.4 is 0 Å². The van der Waals surface area contributed by atoms with Gasteiger partial charge >= 0.3 is 0 Å². The molecule has 2 heterocycles. The molecule has 0 spiro atoms. The Morgan fingerprint density at radius 2 is 0.887 bits per heavy atom. The highest BCUT2D eigenvalue weighted by Crippen LogP contribution is 2.59. The summed E-state index contributed by atoms with van der Waals surface area (Å²) in [7, 11) is 0. The third-order valence-electron chi connectivity index (χ3n) is 12.6. The van der Waals surface area contributed by atoms with Gasteiger partial charge in [-0.25, -0.2) is 9.97 Å². The molecule has 0 amide bonds. The van der Waals surface area contributed by atoms with Gasteiger partial charge in [0.25, 0.3) is 0 Å². The maximum absolute atomic E-state index is 5.18. The Morgan fingerprint density at radius 3 is 1.60 bits per heavy atom. The summed E-state index contributed by atoms with van der Waals surface area (Å²) in [6, 6.07) is 83.6. The fourth-order valence-electron chi connectivity index (χ4n) is 9.75. The number of hydrogen-bond acceptors (Lipinski definition) is 3. The molecule has 1 aliphatic carbocycles. The van der Waals surface area contributed by atoms with Gasteiger partial charge in [0.05, 0.1) is 16.8 Å². The van der Waals surface area contributed by atoms with Crippen LogP contribution in [0.3, 0.4) is 0 Å². The van der Waals surface area contributed by atoms with E-state index in [1.807, 2.05) is 29.5 Å². The molecule has 0 N–H and O–H groups in total. The highest BCUT2D eigenvalue weighted by atomic mass is 32.1. The fourth-order valence-corrected chi connectivity index (χ4v) is 10.9. The first kappa shape index (κ1) is 36.2. The molecule has 1 aliphatic rings. The molecular weight excluding hydrogens is 769 g/mol. The second-order valence-corrected chi connectivity index (χ2v) is 17.1. The zero-order chi connectivity index (χ0) is 41.0. The molecule has 0 aliphatic heterocycles. The standard InChI is InChI=1S/C59H38N2S/c1-5-16-40(17-6-1)47-25-15-26-51-57(47)50-35-32-43(36-52(50)59(51,45-20-9-3-10-21-45)46-22-11-4-12-23-46)39-28-30-41(31-29-39)53-38-54(61-58(60-53)42-18-7-2-8-19-42)44-33-34-49-48-24-13-14-27-55(48)62-56(49)37-44/h1-38H. The van der Waals surface area contributed by atoms with Crippen molar-refractivity contribution in [2.75, 3.05) is 0 Å². The van der Waals surface area contributed by atoms with E-state index in [0.717, 1.165) is 33.6 Å². The number of aromatic nitrogens is 2. The SMILES string of the molecule is c1ccc(-c2nc(-c3ccc(-c4ccc5c(c4)C(c4ccccc4)(c4ccccc4)c4cccc(-c6ccccc6)c4-5)cc3)cc(-c3ccc4c(c3)sc3ccccc34)n2)cc1. The first-order valence-corrected chi connectivity index (χ1v) is 22.0. The van der Waals surface area contributed by atoms with Crippen molar-refractivity contribution >= 4 is 31.5 Å². The summed E-state index contributed by atoms with van der Waals surface area (Å²) in [6.07, 6.45) is 0. The third-order valence-corrected chi connectivity index (χ3v) is 13.7. The number of benzene rings is 9. The molecule has 11 aromatic rings. The molecular formula is C59H38N2S. The molecule has 0 radical (unpaired) electrons. The normalized spacial score (nSPS) is 12.6. The van der Waals surface area contributed by atoms with Crippen molar-refractivity contribution in [2.45, 2.75) is 5.41 Å². The van der Waals surface area contributed by atoms with Gasteiger partial charge in [-0.05, 0) is 79.9 Å². The van der Waals surface area contributed by atoms with Gasteiger partial charge < -0.3 is 0 Å². The van der Waals surface area contributed by atoms with Crippen molar-refractivity contribution in [1.82, 2.24) is 9.97 Å². The van der Waals surface area contributed by atoms with Crippen LogP contribution in [0.4, 0.5) is 0 Å². The minimum atomic E-state index is -0.516. The van der Waals surface area contributed by atoms with E-state index in [-0.39, 0.29) is 0 Å². The van der Waals surface area contributed by atoms with E-state index in [1.54, 1.807) is 0 Å². The van der Waals surface area contributed by atoms with Gasteiger partial charge in [-0.2, -0.15) is 0 Å². The van der Waals surface area contributed by atoms with Crippen LogP contribution in [0.25, 0.3) is 87.5 Å². The topological polar surface area (TPSA) is 25.8 Å². The Bertz CT molecular complexity index is 3390. The van der Waals surface area contributed by atoms with E-state index in [1.165, 1.54) is 70.2 Å². The first-order valence-electron chi connectivity index (χ1n) is 21.1. The zero-order valence-corrected chi connectivity index (χ0v) is 34.6. The maximum atomic E-state index is 5.18. The fraction of sp³-hybridized carbons (Fsp3) is 0.0169. The predicted octanol–water partition coefficient (Wildman–Crippen LogP) is 15.5. The number of rotatable bonds is 7. The van der Waals surface area contributed by atoms with Crippen molar-refractivity contribution in [3.8, 4) is 67.3 Å². The minimum Gasteiger partial charge on any atom is -0.228 e. The molecule has 0 bridgehead atoms. The van der Waals surface area contributed by atoms with Crippen LogP contribution >= 0.6 is 11.3 Å². The molecule has 0 fully saturated rings. The van der Waals surface area contributed by atoms with Crippen molar-refractivity contribution < 1.29 is 0 Å². The summed E-state index contributed by atoms with van der Waals surface area (Å²) in [4.78, 5) is 10.3. The van der Waals surface area contributed by atoms with Crippen LogP contribution in [0.1, 0.15) is 22.3 Å². The summed E-state index contributed by atoms with van der Waals surface area (Å²) in [5.74, 6) is 0.713. The molecule has 0 atom stereocenters. The molecule has 9 aromatic carbocycles. The van der Waals surface area contributed by atoms with Crippen LogP contribution in [0.15, 0.2) is 231 Å². The number of hydrogen-bond donors (Lipinski definition) is 0. The quantitative estimate of drug-likeness (QED) is 0.160. The van der Waals surface area contributed by atoms with Gasteiger partial charge in [0, 0.05) is 36.9 Å². The summed E-state index contributed by atoms with van der Waals surface area (Å²) in [5, 5.41) is 2.57. The van der Waals surface area contributed by atoms with Crippen molar-refractivity contribution in [2.24, 2.45) is 0 Å². The number of nitrogens with zero attached hydrogens (tertiary/aromatic N) is 2. The Morgan fingerprint density at radius 1 is 0.323 bits per heavy atom. The van der Waals surface area contributed by atoms with Crippen LogP contribution in [-0.4, -0.2) is 9.97 Å². The number of thiophene rings is 1. The van der Waals surface area contributed by atoms with Crippen molar-refractivity contribution in [3.63, 3.8) is 0 Å². The second kappa shape index (κ2) is 14.8. The van der Waals surface area contributed by atoms with E-state index >= 15 is 0 Å². The lowest BCUT2D eigenvalue weighted by Crippen LogP contribution is -2.28. The molecule has 2 aromatic heterocycles. The maximum Gasteiger partial charge on any atom is 0.160 e. The van der Waals surface area contributed by atoms with Gasteiger partial charge in [0.2, 0.25) is 0 Å². The average molecular weight is 807 g/mol. The summed E-state index contributed by atoms with van der Waals surface area (Å²) in [5.41, 5.74) is 16.8. The van der Waals surface area contributed by atoms with Crippen LogP contribution in [0.5, 0.6) is 0 Å². The largest absolute Gasteiger partial charge is 0.228 e. The van der Waals surface area contributed by atoms with Crippen LogP contribution in [0, 0.1) is 0 Å². The molecule has 3 heteroatoms. The van der Waals surface area contributed by atoms with Gasteiger partial charge in [-0.15, -0.1) is 11.3 Å². The first-order chi connectivity index (χ1) is 30.7. The lowest BCUT2D eigenvalue weighted by molar-refractivity contribution is 0.769. The third kappa shape index (κ3) is 5.85. The van der Waals surface area contributed by atoms with Gasteiger partial charge in [0.15, 0.2) is 5.82 Å². The van der Waals surface area contributed by atoms with Crippen LogP contribution in [0.2, 0.25) is 0 Å². The summed E-state index contributed by atoms with van der Waals surface area (Å²) < 4.78 is 2.55. The van der Waals surface area contributed by atoms with E-state index in [4.69, 9.17) is 9.97 Å². The monoisotopic (exact) mass is 806 g/mol. The Labute approximate surface area is 365 Å². The Kier molecular flexibility index (Phi) is 8.62. The van der Waals surface area contributed by atoms with E-state index in [2.05, 4.69) is 212 Å². The molecule has 290 valence electrons. The lowest BCUT2D eigenvalue weighted by Gasteiger charge is -2.34. The molecule has 12 rings (SSSR count). The van der Waals surface area contributed by atoms with Crippen molar-refractivity contribution in [3.05, 3.63) is 253 Å². The van der Waals surface area contributed by atoms with Gasteiger partial charge in [0.1, 0.15) is 0 Å². The smallest absolute Gasteiger partial charge is 0.160 e. The van der Waals surface area contributed by atoms with E-state index < -0.39 is 5.41 Å². The second-order valence-electron chi connectivity index (χ2n) is 16.1. The minimum absolute atomic E-state index is 0.516.